The summed E-state index contributed by atoms with van der Waals surface area (Å²) in [6.45, 7) is 2.24. The molecule has 9 heteroatoms. The number of hydrogen-bond acceptors (Lipinski definition) is 3. The summed E-state index contributed by atoms with van der Waals surface area (Å²) >= 11 is 12.1. The standard InChI is InChI=1S/C27H22Cl2F2N4O/c28-19-4-6-24-20(14-19)21-16-34(10-1-2-17-3-5-22(29)23(30)12-17)11-8-25(21)35(24)27(36)33-15-18-7-9-32-26(31)13-18/h1-7,9,12-14H,8,10-11,15-16H2,(H,33,36)/b2-1+. The number of fused-ring (bicyclic) bond motifs is 3. The number of rotatable bonds is 5. The zero-order valence-electron chi connectivity index (χ0n) is 19.1. The number of hydrogen-bond donors (Lipinski definition) is 1. The van der Waals surface area contributed by atoms with Crippen molar-refractivity contribution in [1.29, 1.82) is 0 Å². The molecule has 4 aromatic rings. The van der Waals surface area contributed by atoms with Crippen LogP contribution in [0.3, 0.4) is 0 Å². The van der Waals surface area contributed by atoms with Crippen molar-refractivity contribution in [3.8, 4) is 0 Å². The fourth-order valence-corrected chi connectivity index (χ4v) is 4.83. The molecular formula is C27H22Cl2F2N4O. The molecule has 0 saturated carbocycles. The fourth-order valence-electron chi connectivity index (χ4n) is 4.54. The van der Waals surface area contributed by atoms with E-state index < -0.39 is 11.8 Å². The lowest BCUT2D eigenvalue weighted by molar-refractivity contribution is 0.240. The Labute approximate surface area is 216 Å². The summed E-state index contributed by atoms with van der Waals surface area (Å²) in [6.07, 6.45) is 5.89. The summed E-state index contributed by atoms with van der Waals surface area (Å²) in [4.78, 5) is 19.0. The maximum atomic E-state index is 13.7. The zero-order valence-corrected chi connectivity index (χ0v) is 20.7. The van der Waals surface area contributed by atoms with Gasteiger partial charge in [0.2, 0.25) is 5.95 Å². The van der Waals surface area contributed by atoms with Crippen LogP contribution in [0, 0.1) is 11.8 Å². The summed E-state index contributed by atoms with van der Waals surface area (Å²) in [5, 5.41) is 4.51. The van der Waals surface area contributed by atoms with Crippen molar-refractivity contribution in [2.75, 3.05) is 13.1 Å². The van der Waals surface area contributed by atoms with Crippen LogP contribution >= 0.6 is 23.2 Å². The predicted octanol–water partition coefficient (Wildman–Crippen LogP) is 6.45. The number of amides is 1. The summed E-state index contributed by atoms with van der Waals surface area (Å²) < 4.78 is 28.8. The Morgan fingerprint density at radius 1 is 1.11 bits per heavy atom. The van der Waals surface area contributed by atoms with E-state index in [1.54, 1.807) is 28.8 Å². The number of carbonyl (C=O) groups excluding carboxylic acids is 1. The number of aromatic nitrogens is 2. The van der Waals surface area contributed by atoms with E-state index in [-0.39, 0.29) is 17.6 Å². The highest BCUT2D eigenvalue weighted by Crippen LogP contribution is 2.32. The first-order chi connectivity index (χ1) is 17.4. The van der Waals surface area contributed by atoms with Crippen molar-refractivity contribution in [1.82, 2.24) is 19.8 Å². The minimum atomic E-state index is -0.587. The first-order valence-electron chi connectivity index (χ1n) is 11.4. The zero-order chi connectivity index (χ0) is 25.2. The quantitative estimate of drug-likeness (QED) is 0.304. The van der Waals surface area contributed by atoms with Gasteiger partial charge in [0.05, 0.1) is 10.5 Å². The van der Waals surface area contributed by atoms with E-state index >= 15 is 0 Å². The molecule has 5 rings (SSSR count). The van der Waals surface area contributed by atoms with Crippen molar-refractivity contribution >= 4 is 46.2 Å². The summed E-state index contributed by atoms with van der Waals surface area (Å²) in [6, 6.07) is 12.9. The monoisotopic (exact) mass is 526 g/mol. The van der Waals surface area contributed by atoms with Gasteiger partial charge in [-0.15, -0.1) is 0 Å². The Morgan fingerprint density at radius 3 is 2.78 bits per heavy atom. The van der Waals surface area contributed by atoms with Crippen LogP contribution in [0.5, 0.6) is 0 Å². The number of nitrogens with one attached hydrogen (secondary N) is 1. The van der Waals surface area contributed by atoms with Gasteiger partial charge in [0, 0.05) is 54.9 Å². The predicted molar refractivity (Wildman–Crippen MR) is 138 cm³/mol. The van der Waals surface area contributed by atoms with Gasteiger partial charge in [0.1, 0.15) is 5.82 Å². The molecule has 0 spiro atoms. The van der Waals surface area contributed by atoms with Crippen LogP contribution in [-0.2, 0) is 19.5 Å². The normalized spacial score (nSPS) is 13.9. The van der Waals surface area contributed by atoms with Gasteiger partial charge in [-0.3, -0.25) is 9.47 Å². The van der Waals surface area contributed by atoms with Crippen LogP contribution in [0.25, 0.3) is 17.0 Å². The third-order valence-electron chi connectivity index (χ3n) is 6.24. The Kier molecular flexibility index (Phi) is 7.05. The molecular weight excluding hydrogens is 505 g/mol. The Hall–Kier alpha value is -3.26. The van der Waals surface area contributed by atoms with Crippen LogP contribution in [0.4, 0.5) is 13.6 Å². The van der Waals surface area contributed by atoms with Crippen molar-refractivity contribution in [3.05, 3.63) is 105 Å². The largest absolute Gasteiger partial charge is 0.333 e. The van der Waals surface area contributed by atoms with Crippen molar-refractivity contribution in [3.63, 3.8) is 0 Å². The number of benzene rings is 2. The molecule has 2 aromatic carbocycles. The highest BCUT2D eigenvalue weighted by atomic mass is 35.5. The Balaban J connectivity index is 1.36. The third kappa shape index (κ3) is 5.14. The molecule has 36 heavy (non-hydrogen) atoms. The van der Waals surface area contributed by atoms with E-state index in [2.05, 4.69) is 15.2 Å². The second-order valence-electron chi connectivity index (χ2n) is 8.63. The van der Waals surface area contributed by atoms with Crippen LogP contribution < -0.4 is 5.32 Å². The number of nitrogens with zero attached hydrogens (tertiary/aromatic N) is 3. The Morgan fingerprint density at radius 2 is 1.97 bits per heavy atom. The van der Waals surface area contributed by atoms with E-state index in [1.165, 1.54) is 18.3 Å². The van der Waals surface area contributed by atoms with E-state index in [9.17, 15) is 13.6 Å². The second kappa shape index (κ2) is 10.4. The lowest BCUT2D eigenvalue weighted by Crippen LogP contribution is -2.34. The fraction of sp³-hybridized carbons (Fsp3) is 0.185. The minimum Gasteiger partial charge on any atom is -0.333 e. The molecule has 1 aliphatic rings. The van der Waals surface area contributed by atoms with E-state index in [0.717, 1.165) is 34.3 Å². The number of halogens is 4. The van der Waals surface area contributed by atoms with Crippen molar-refractivity contribution < 1.29 is 13.6 Å². The smallest absolute Gasteiger partial charge is 0.326 e. The average molecular weight is 527 g/mol. The molecule has 0 unspecified atom stereocenters. The average Bonchev–Trinajstić information content (AvgIpc) is 3.18. The van der Waals surface area contributed by atoms with Gasteiger partial charge >= 0.3 is 6.03 Å². The summed E-state index contributed by atoms with van der Waals surface area (Å²) in [7, 11) is 0. The van der Waals surface area contributed by atoms with Gasteiger partial charge in [-0.05, 0) is 59.2 Å². The van der Waals surface area contributed by atoms with E-state index in [0.29, 0.717) is 30.1 Å². The first-order valence-corrected chi connectivity index (χ1v) is 12.2. The molecule has 1 amide bonds. The van der Waals surface area contributed by atoms with Crippen LogP contribution in [-0.4, -0.2) is 33.6 Å². The molecule has 184 valence electrons. The third-order valence-corrected chi connectivity index (χ3v) is 6.79. The van der Waals surface area contributed by atoms with Crippen molar-refractivity contribution in [2.45, 2.75) is 19.5 Å². The SMILES string of the molecule is O=C(NCc1ccnc(F)c1)n1c2c(c3cc(Cl)ccc31)CN(C/C=C/c1ccc(Cl)c(F)c1)CC2. The van der Waals surface area contributed by atoms with Gasteiger partial charge in [-0.1, -0.05) is 41.4 Å². The van der Waals surface area contributed by atoms with Crippen LogP contribution in [0.2, 0.25) is 10.0 Å². The van der Waals surface area contributed by atoms with E-state index in [4.69, 9.17) is 23.2 Å². The highest BCUT2D eigenvalue weighted by molar-refractivity contribution is 6.31. The van der Waals surface area contributed by atoms with Crippen molar-refractivity contribution in [2.24, 2.45) is 0 Å². The van der Waals surface area contributed by atoms with Gasteiger partial charge in [0.25, 0.3) is 0 Å². The van der Waals surface area contributed by atoms with Crippen LogP contribution in [0.15, 0.2) is 60.8 Å². The molecule has 0 radical (unpaired) electrons. The summed E-state index contributed by atoms with van der Waals surface area (Å²) in [5.74, 6) is -1.03. The first kappa shape index (κ1) is 24.4. The van der Waals surface area contributed by atoms with Gasteiger partial charge in [-0.25, -0.2) is 14.2 Å². The maximum Gasteiger partial charge on any atom is 0.326 e. The Bertz CT molecular complexity index is 1480. The second-order valence-corrected chi connectivity index (χ2v) is 9.47. The molecule has 2 aromatic heterocycles. The molecule has 1 aliphatic heterocycles. The van der Waals surface area contributed by atoms with Gasteiger partial charge < -0.3 is 5.32 Å². The van der Waals surface area contributed by atoms with Gasteiger partial charge in [-0.2, -0.15) is 4.39 Å². The van der Waals surface area contributed by atoms with E-state index in [1.807, 2.05) is 24.3 Å². The minimum absolute atomic E-state index is 0.0998. The molecule has 5 nitrogen and oxygen atoms in total. The van der Waals surface area contributed by atoms with Gasteiger partial charge in [0.15, 0.2) is 0 Å². The molecule has 0 saturated heterocycles. The molecule has 0 bridgehead atoms. The molecule has 0 fully saturated rings. The lowest BCUT2D eigenvalue weighted by atomic mass is 10.0. The topological polar surface area (TPSA) is 50.2 Å². The number of carbonyl (C=O) groups is 1. The highest BCUT2D eigenvalue weighted by Gasteiger charge is 2.26. The number of pyridine rings is 1. The summed E-state index contributed by atoms with van der Waals surface area (Å²) in [5.41, 5.74) is 4.13. The molecule has 0 atom stereocenters. The lowest BCUT2D eigenvalue weighted by Gasteiger charge is -2.27. The van der Waals surface area contributed by atoms with Crippen LogP contribution in [0.1, 0.15) is 22.4 Å². The molecule has 1 N–H and O–H groups in total. The maximum absolute atomic E-state index is 13.7. The molecule has 0 aliphatic carbocycles. The molecule has 3 heterocycles.